The minimum Gasteiger partial charge on any atom is -0.493 e. The largest absolute Gasteiger partial charge is 0.493 e. The Morgan fingerprint density at radius 2 is 1.65 bits per heavy atom. The van der Waals surface area contributed by atoms with Gasteiger partial charge in [-0.2, -0.15) is 0 Å². The van der Waals surface area contributed by atoms with E-state index in [1.54, 1.807) is 31.3 Å². The van der Waals surface area contributed by atoms with Crippen LogP contribution in [0, 0.1) is 5.92 Å². The quantitative estimate of drug-likeness (QED) is 0.409. The minimum atomic E-state index is -0.592. The topological polar surface area (TPSA) is 67.9 Å². The van der Waals surface area contributed by atoms with Crippen LogP contribution >= 0.6 is 23.2 Å². The van der Waals surface area contributed by atoms with E-state index in [2.05, 4.69) is 5.32 Å². The number of nitrogens with one attached hydrogen (secondary N) is 1. The van der Waals surface area contributed by atoms with Gasteiger partial charge in [-0.15, -0.1) is 0 Å². The molecule has 0 fully saturated rings. The summed E-state index contributed by atoms with van der Waals surface area (Å²) in [5.41, 5.74) is 1.75. The van der Waals surface area contributed by atoms with Gasteiger partial charge in [-0.05, 0) is 54.2 Å². The summed E-state index contributed by atoms with van der Waals surface area (Å²) in [5, 5.41) is 3.82. The summed E-state index contributed by atoms with van der Waals surface area (Å²) < 4.78 is 10.7. The summed E-state index contributed by atoms with van der Waals surface area (Å²) in [6, 6.07) is 10.3. The molecule has 2 aromatic rings. The Hall–Kier alpha value is -2.44. The Morgan fingerprint density at radius 3 is 2.24 bits per heavy atom. The molecule has 186 valence electrons. The molecule has 0 radical (unpaired) electrons. The molecule has 1 atom stereocenters. The average Bonchev–Trinajstić information content (AvgIpc) is 2.82. The highest BCUT2D eigenvalue weighted by atomic mass is 35.5. The number of nitrogens with zero attached hydrogens (tertiary/aromatic N) is 1. The molecule has 0 spiro atoms. The second-order valence-electron chi connectivity index (χ2n) is 8.52. The number of hydrogen-bond donors (Lipinski definition) is 1. The van der Waals surface area contributed by atoms with Crippen LogP contribution in [0.5, 0.6) is 11.5 Å². The van der Waals surface area contributed by atoms with Crippen LogP contribution in [0.4, 0.5) is 0 Å². The van der Waals surface area contributed by atoms with Gasteiger partial charge >= 0.3 is 0 Å². The van der Waals surface area contributed by atoms with Crippen molar-refractivity contribution in [3.05, 3.63) is 57.6 Å². The first-order valence-corrected chi connectivity index (χ1v) is 12.2. The van der Waals surface area contributed by atoms with Crippen LogP contribution in [-0.4, -0.2) is 43.5 Å². The van der Waals surface area contributed by atoms with E-state index in [0.717, 1.165) is 11.1 Å². The molecule has 1 unspecified atom stereocenters. The van der Waals surface area contributed by atoms with Crippen LogP contribution in [0.1, 0.15) is 44.7 Å². The van der Waals surface area contributed by atoms with Crippen molar-refractivity contribution < 1.29 is 19.1 Å². The summed E-state index contributed by atoms with van der Waals surface area (Å²) >= 11 is 12.3. The Morgan fingerprint density at radius 1 is 0.971 bits per heavy atom. The number of hydrogen-bond acceptors (Lipinski definition) is 4. The number of halogens is 2. The van der Waals surface area contributed by atoms with Gasteiger partial charge in [-0.25, -0.2) is 0 Å². The van der Waals surface area contributed by atoms with Crippen LogP contribution in [0.2, 0.25) is 10.0 Å². The number of ether oxygens (including phenoxy) is 2. The molecule has 8 heteroatoms. The Labute approximate surface area is 212 Å². The van der Waals surface area contributed by atoms with E-state index in [-0.39, 0.29) is 24.8 Å². The number of aryl methyl sites for hydroxylation is 1. The van der Waals surface area contributed by atoms with Crippen molar-refractivity contribution >= 4 is 35.0 Å². The molecule has 0 saturated heterocycles. The van der Waals surface area contributed by atoms with Crippen molar-refractivity contribution in [3.63, 3.8) is 0 Å². The van der Waals surface area contributed by atoms with Crippen molar-refractivity contribution in [2.75, 3.05) is 20.8 Å². The van der Waals surface area contributed by atoms with Crippen molar-refractivity contribution in [2.45, 2.75) is 52.6 Å². The van der Waals surface area contributed by atoms with Crippen molar-refractivity contribution in [3.8, 4) is 11.5 Å². The molecule has 0 heterocycles. The second kappa shape index (κ2) is 13.4. The van der Waals surface area contributed by atoms with Crippen LogP contribution < -0.4 is 14.8 Å². The SMILES string of the molecule is CCC(C(=O)NCC(C)C)N(Cc1ccc(Cl)c(Cl)c1)C(=O)CCc1ccc(OC)c(OC)c1. The van der Waals surface area contributed by atoms with E-state index >= 15 is 0 Å². The highest BCUT2D eigenvalue weighted by Crippen LogP contribution is 2.28. The monoisotopic (exact) mass is 508 g/mol. The van der Waals surface area contributed by atoms with Crippen molar-refractivity contribution in [1.82, 2.24) is 10.2 Å². The van der Waals surface area contributed by atoms with Crippen LogP contribution in [0.15, 0.2) is 36.4 Å². The molecule has 0 saturated carbocycles. The molecule has 34 heavy (non-hydrogen) atoms. The van der Waals surface area contributed by atoms with E-state index in [1.807, 2.05) is 45.0 Å². The number of rotatable bonds is 12. The number of carbonyl (C=O) groups excluding carboxylic acids is 2. The maximum Gasteiger partial charge on any atom is 0.242 e. The Bertz CT molecular complexity index is 981. The molecule has 2 aromatic carbocycles. The third kappa shape index (κ3) is 7.81. The van der Waals surface area contributed by atoms with Gasteiger partial charge in [0.1, 0.15) is 6.04 Å². The Balaban J connectivity index is 2.24. The lowest BCUT2D eigenvalue weighted by atomic mass is 10.1. The zero-order valence-electron chi connectivity index (χ0n) is 20.5. The lowest BCUT2D eigenvalue weighted by Crippen LogP contribution is -2.49. The predicted octanol–water partition coefficient (Wildman–Crippen LogP) is 5.52. The number of methoxy groups -OCH3 is 2. The van der Waals surface area contributed by atoms with E-state index in [4.69, 9.17) is 32.7 Å². The fourth-order valence-electron chi connectivity index (χ4n) is 3.61. The predicted molar refractivity (Wildman–Crippen MR) is 137 cm³/mol. The van der Waals surface area contributed by atoms with Crippen molar-refractivity contribution in [2.24, 2.45) is 5.92 Å². The summed E-state index contributed by atoms with van der Waals surface area (Å²) in [4.78, 5) is 28.0. The molecule has 0 bridgehead atoms. The zero-order valence-corrected chi connectivity index (χ0v) is 22.0. The first-order chi connectivity index (χ1) is 16.2. The van der Waals surface area contributed by atoms with Crippen LogP contribution in [-0.2, 0) is 22.6 Å². The summed E-state index contributed by atoms with van der Waals surface area (Å²) in [5.74, 6) is 1.28. The lowest BCUT2D eigenvalue weighted by molar-refractivity contribution is -0.141. The molecule has 0 aliphatic heterocycles. The van der Waals surface area contributed by atoms with Crippen LogP contribution in [0.25, 0.3) is 0 Å². The molecule has 0 aromatic heterocycles. The fraction of sp³-hybridized carbons (Fsp3) is 0.462. The molecular weight excluding hydrogens is 475 g/mol. The number of amides is 2. The van der Waals surface area contributed by atoms with Crippen molar-refractivity contribution in [1.29, 1.82) is 0 Å². The molecule has 2 rings (SSSR count). The summed E-state index contributed by atoms with van der Waals surface area (Å²) in [6.45, 7) is 6.78. The highest BCUT2D eigenvalue weighted by Gasteiger charge is 2.28. The maximum absolute atomic E-state index is 13.4. The molecule has 1 N–H and O–H groups in total. The summed E-state index contributed by atoms with van der Waals surface area (Å²) in [7, 11) is 3.16. The number of carbonyl (C=O) groups is 2. The van der Waals surface area contributed by atoms with Gasteiger partial charge in [0.2, 0.25) is 11.8 Å². The lowest BCUT2D eigenvalue weighted by Gasteiger charge is -2.31. The summed E-state index contributed by atoms with van der Waals surface area (Å²) in [6.07, 6.45) is 1.24. The van der Waals surface area contributed by atoms with Gasteiger partial charge in [-0.3, -0.25) is 9.59 Å². The standard InChI is InChI=1S/C26H34Cl2N2O4/c1-6-22(26(32)29-15-17(2)3)30(16-19-7-10-20(27)21(28)13-19)25(31)12-9-18-8-11-23(33-4)24(14-18)34-5/h7-8,10-11,13-14,17,22H,6,9,12,15-16H2,1-5H3,(H,29,32). The third-order valence-electron chi connectivity index (χ3n) is 5.48. The second-order valence-corrected chi connectivity index (χ2v) is 9.34. The molecular formula is C26H34Cl2N2O4. The molecule has 0 aliphatic carbocycles. The maximum atomic E-state index is 13.4. The first-order valence-electron chi connectivity index (χ1n) is 11.4. The third-order valence-corrected chi connectivity index (χ3v) is 6.22. The first kappa shape index (κ1) is 27.8. The van der Waals surface area contributed by atoms with E-state index < -0.39 is 6.04 Å². The van der Waals surface area contributed by atoms with Gasteiger partial charge in [0.05, 0.1) is 24.3 Å². The van der Waals surface area contributed by atoms with Gasteiger partial charge in [-0.1, -0.05) is 56.1 Å². The molecule has 0 aliphatic rings. The average molecular weight is 509 g/mol. The highest BCUT2D eigenvalue weighted by molar-refractivity contribution is 6.42. The number of benzene rings is 2. The van der Waals surface area contributed by atoms with E-state index in [9.17, 15) is 9.59 Å². The molecule has 2 amide bonds. The van der Waals surface area contributed by atoms with Gasteiger partial charge in [0.15, 0.2) is 11.5 Å². The minimum absolute atomic E-state index is 0.118. The van der Waals surface area contributed by atoms with Gasteiger partial charge in [0, 0.05) is 19.5 Å². The molecule has 6 nitrogen and oxygen atoms in total. The van der Waals surface area contributed by atoms with Gasteiger partial charge in [0.25, 0.3) is 0 Å². The fourth-order valence-corrected chi connectivity index (χ4v) is 3.93. The van der Waals surface area contributed by atoms with Crippen LogP contribution in [0.3, 0.4) is 0 Å². The Kier molecular flexibility index (Phi) is 11.0. The normalized spacial score (nSPS) is 11.8. The zero-order chi connectivity index (χ0) is 25.3. The smallest absolute Gasteiger partial charge is 0.242 e. The van der Waals surface area contributed by atoms with E-state index in [0.29, 0.717) is 46.8 Å². The van der Waals surface area contributed by atoms with Gasteiger partial charge < -0.3 is 19.7 Å². The van der Waals surface area contributed by atoms with E-state index in [1.165, 1.54) is 0 Å².